The van der Waals surface area contributed by atoms with Crippen LogP contribution >= 0.6 is 11.3 Å². The van der Waals surface area contributed by atoms with E-state index in [4.69, 9.17) is 0 Å². The molecule has 0 amide bonds. The molecule has 0 bridgehead atoms. The third-order valence-corrected chi connectivity index (χ3v) is 4.18. The minimum absolute atomic E-state index is 0.518. The Hall–Kier alpha value is -0.930. The van der Waals surface area contributed by atoms with Gasteiger partial charge in [-0.25, -0.2) is 10.3 Å². The van der Waals surface area contributed by atoms with Crippen molar-refractivity contribution in [2.75, 3.05) is 6.54 Å². The van der Waals surface area contributed by atoms with E-state index in [0.717, 1.165) is 12.1 Å². The van der Waals surface area contributed by atoms with Crippen LogP contribution in [0.15, 0.2) is 23.7 Å². The zero-order valence-corrected chi connectivity index (χ0v) is 10.2. The summed E-state index contributed by atoms with van der Waals surface area (Å²) in [5, 5.41) is 4.54. The number of thiazole rings is 1. The van der Waals surface area contributed by atoms with E-state index in [1.165, 1.54) is 23.1 Å². The van der Waals surface area contributed by atoms with E-state index in [9.17, 15) is 0 Å². The molecule has 2 aromatic rings. The van der Waals surface area contributed by atoms with E-state index >= 15 is 0 Å². The van der Waals surface area contributed by atoms with Gasteiger partial charge >= 0.3 is 0 Å². The van der Waals surface area contributed by atoms with Crippen LogP contribution in [0.25, 0.3) is 10.2 Å². The third-order valence-electron chi connectivity index (χ3n) is 3.37. The van der Waals surface area contributed by atoms with Crippen LogP contribution in [0.2, 0.25) is 0 Å². The average Bonchev–Trinajstić information content (AvgIpc) is 2.75. The van der Waals surface area contributed by atoms with Gasteiger partial charge in [0, 0.05) is 12.6 Å². The number of benzene rings is 1. The number of nitrogens with zero attached hydrogens (tertiary/aromatic N) is 2. The molecule has 3 heteroatoms. The van der Waals surface area contributed by atoms with Crippen LogP contribution < -0.4 is 5.32 Å². The molecule has 1 aliphatic rings. The molecule has 2 unspecified atom stereocenters. The summed E-state index contributed by atoms with van der Waals surface area (Å²) in [5.41, 5.74) is 4.52. The molecule has 1 saturated heterocycles. The van der Waals surface area contributed by atoms with Crippen molar-refractivity contribution in [2.45, 2.75) is 31.7 Å². The molecule has 1 radical (unpaired) electrons. The van der Waals surface area contributed by atoms with Gasteiger partial charge in [-0.3, -0.25) is 0 Å². The first-order chi connectivity index (χ1) is 7.83. The number of hydrogen-bond acceptors (Lipinski definition) is 2. The fourth-order valence-electron chi connectivity index (χ4n) is 2.49. The van der Waals surface area contributed by atoms with Crippen LogP contribution in [-0.2, 0) is 0 Å². The van der Waals surface area contributed by atoms with Crippen molar-refractivity contribution in [2.24, 2.45) is 0 Å². The Bertz CT molecular complexity index is 491. The highest BCUT2D eigenvalue weighted by Gasteiger charge is 2.20. The quantitative estimate of drug-likeness (QED) is 0.740. The van der Waals surface area contributed by atoms with Crippen LogP contribution in [0.5, 0.6) is 0 Å². The first kappa shape index (κ1) is 10.2. The van der Waals surface area contributed by atoms with Gasteiger partial charge in [-0.05, 0) is 43.4 Å². The molecule has 2 atom stereocenters. The van der Waals surface area contributed by atoms with E-state index < -0.39 is 0 Å². The summed E-state index contributed by atoms with van der Waals surface area (Å²) >= 11 is 1.71. The summed E-state index contributed by atoms with van der Waals surface area (Å²) in [6.07, 6.45) is 2.38. The van der Waals surface area contributed by atoms with Crippen LogP contribution in [0.3, 0.4) is 0 Å². The highest BCUT2D eigenvalue weighted by atomic mass is 32.1. The number of aromatic nitrogens is 1. The Kier molecular flexibility index (Phi) is 2.65. The van der Waals surface area contributed by atoms with E-state index in [1.807, 2.05) is 5.51 Å². The first-order valence-electron chi connectivity index (χ1n) is 5.82. The van der Waals surface area contributed by atoms with Crippen molar-refractivity contribution in [1.29, 1.82) is 0 Å². The fourth-order valence-corrected chi connectivity index (χ4v) is 3.15. The standard InChI is InChI=1S/C13H15N2S/c1-9-6-11(4-5-14-9)10-2-3-13-12(7-10)15-8-16-13/h2-3,7-9,11H,4-6H2,1H3. The van der Waals surface area contributed by atoms with Crippen molar-refractivity contribution in [3.05, 3.63) is 29.3 Å². The van der Waals surface area contributed by atoms with E-state index in [1.54, 1.807) is 11.3 Å². The van der Waals surface area contributed by atoms with Crippen LogP contribution in [0.1, 0.15) is 31.2 Å². The Morgan fingerprint density at radius 1 is 1.38 bits per heavy atom. The highest BCUT2D eigenvalue weighted by Crippen LogP contribution is 2.30. The lowest BCUT2D eigenvalue weighted by molar-refractivity contribution is 0.374. The highest BCUT2D eigenvalue weighted by molar-refractivity contribution is 7.16. The summed E-state index contributed by atoms with van der Waals surface area (Å²) < 4.78 is 1.29. The molecule has 0 N–H and O–H groups in total. The molecule has 3 rings (SSSR count). The Morgan fingerprint density at radius 3 is 3.19 bits per heavy atom. The largest absolute Gasteiger partial charge is 0.245 e. The predicted molar refractivity (Wildman–Crippen MR) is 68.1 cm³/mol. The molecular weight excluding hydrogens is 216 g/mol. The molecule has 0 aliphatic carbocycles. The first-order valence-corrected chi connectivity index (χ1v) is 6.70. The monoisotopic (exact) mass is 231 g/mol. The van der Waals surface area contributed by atoms with Crippen molar-refractivity contribution in [3.8, 4) is 0 Å². The lowest BCUT2D eigenvalue weighted by Gasteiger charge is -2.26. The zero-order chi connectivity index (χ0) is 11.0. The maximum Gasteiger partial charge on any atom is 0.0814 e. The molecular formula is C13H15N2S. The Labute approximate surface area is 99.7 Å². The maximum absolute atomic E-state index is 4.54. The second-order valence-corrected chi connectivity index (χ2v) is 5.44. The maximum atomic E-state index is 4.54. The van der Waals surface area contributed by atoms with E-state index in [0.29, 0.717) is 12.0 Å². The minimum atomic E-state index is 0.518. The summed E-state index contributed by atoms with van der Waals surface area (Å²) in [4.78, 5) is 4.39. The molecule has 1 aromatic carbocycles. The Morgan fingerprint density at radius 2 is 2.31 bits per heavy atom. The second kappa shape index (κ2) is 4.15. The van der Waals surface area contributed by atoms with Gasteiger partial charge in [0.05, 0.1) is 15.7 Å². The lowest BCUT2D eigenvalue weighted by atomic mass is 9.87. The van der Waals surface area contributed by atoms with Gasteiger partial charge in [0.15, 0.2) is 0 Å². The molecule has 16 heavy (non-hydrogen) atoms. The number of piperidine rings is 1. The summed E-state index contributed by atoms with van der Waals surface area (Å²) in [7, 11) is 0. The molecule has 83 valence electrons. The van der Waals surface area contributed by atoms with Gasteiger partial charge in [-0.2, -0.15) is 0 Å². The summed E-state index contributed by atoms with van der Waals surface area (Å²) in [5.74, 6) is 0.679. The lowest BCUT2D eigenvalue weighted by Crippen LogP contribution is -2.29. The van der Waals surface area contributed by atoms with Crippen molar-refractivity contribution >= 4 is 21.6 Å². The van der Waals surface area contributed by atoms with Gasteiger partial charge in [0.1, 0.15) is 0 Å². The van der Waals surface area contributed by atoms with Crippen molar-refractivity contribution in [3.63, 3.8) is 0 Å². The minimum Gasteiger partial charge on any atom is -0.245 e. The SMILES string of the molecule is CC1CC(c2ccc3scnc3c2)CC[N]1. The van der Waals surface area contributed by atoms with Crippen molar-refractivity contribution in [1.82, 2.24) is 10.3 Å². The summed E-state index contributed by atoms with van der Waals surface area (Å²) in [6.45, 7) is 3.23. The third kappa shape index (κ3) is 1.85. The molecule has 1 aliphatic heterocycles. The Balaban J connectivity index is 1.92. The molecule has 2 nitrogen and oxygen atoms in total. The number of hydrogen-bond donors (Lipinski definition) is 0. The van der Waals surface area contributed by atoms with E-state index in [2.05, 4.69) is 35.4 Å². The van der Waals surface area contributed by atoms with E-state index in [-0.39, 0.29) is 0 Å². The molecule has 0 spiro atoms. The zero-order valence-electron chi connectivity index (χ0n) is 9.39. The summed E-state index contributed by atoms with van der Waals surface area (Å²) in [6, 6.07) is 7.25. The van der Waals surface area contributed by atoms with Gasteiger partial charge in [0.25, 0.3) is 0 Å². The molecule has 0 saturated carbocycles. The van der Waals surface area contributed by atoms with Gasteiger partial charge in [-0.15, -0.1) is 11.3 Å². The molecule has 1 fully saturated rings. The molecule has 1 aromatic heterocycles. The normalized spacial score (nSPS) is 26.1. The molecule has 2 heterocycles. The fraction of sp³-hybridized carbons (Fsp3) is 0.462. The second-order valence-electron chi connectivity index (χ2n) is 4.56. The number of rotatable bonds is 1. The van der Waals surface area contributed by atoms with Crippen LogP contribution in [0, 0.1) is 0 Å². The van der Waals surface area contributed by atoms with Gasteiger partial charge in [0.2, 0.25) is 0 Å². The van der Waals surface area contributed by atoms with Gasteiger partial charge < -0.3 is 0 Å². The van der Waals surface area contributed by atoms with Crippen LogP contribution in [-0.4, -0.2) is 17.6 Å². The average molecular weight is 231 g/mol. The number of fused-ring (bicyclic) bond motifs is 1. The topological polar surface area (TPSA) is 27.0 Å². The van der Waals surface area contributed by atoms with Crippen LogP contribution in [0.4, 0.5) is 0 Å². The smallest absolute Gasteiger partial charge is 0.0814 e. The van der Waals surface area contributed by atoms with Gasteiger partial charge in [-0.1, -0.05) is 6.07 Å². The van der Waals surface area contributed by atoms with Crippen molar-refractivity contribution < 1.29 is 0 Å². The predicted octanol–water partition coefficient (Wildman–Crippen LogP) is 3.17.